The Kier molecular flexibility index (Phi) is 6.42. The Hall–Kier alpha value is -0.653. The fraction of sp³-hybridized carbons (Fsp3) is 0.588. The highest BCUT2D eigenvalue weighted by atomic mass is 79.9. The molecule has 0 heterocycles. The molecular weight excluding hydrogens is 358 g/mol. The fourth-order valence-electron chi connectivity index (χ4n) is 1.54. The zero-order chi connectivity index (χ0) is 17.1. The first-order chi connectivity index (χ1) is 9.94. The van der Waals surface area contributed by atoms with Gasteiger partial charge < -0.3 is 9.74 Å². The molecule has 1 aromatic carbocycles. The second-order valence-electron chi connectivity index (χ2n) is 7.49. The van der Waals surface area contributed by atoms with Crippen LogP contribution in [0.2, 0.25) is 18.1 Å². The van der Waals surface area contributed by atoms with Crippen LogP contribution < -0.4 is 5.32 Å². The van der Waals surface area contributed by atoms with Gasteiger partial charge in [-0.2, -0.15) is 0 Å². The van der Waals surface area contributed by atoms with Gasteiger partial charge in [-0.25, -0.2) is 0 Å². The van der Waals surface area contributed by atoms with E-state index in [1.165, 1.54) is 0 Å². The van der Waals surface area contributed by atoms with Gasteiger partial charge in [-0.05, 0) is 30.3 Å². The van der Waals surface area contributed by atoms with Crippen molar-refractivity contribution in [3.05, 3.63) is 28.2 Å². The molecular formula is C17H28BrNO2Si. The maximum absolute atomic E-state index is 12.0. The van der Waals surface area contributed by atoms with E-state index < -0.39 is 8.32 Å². The van der Waals surface area contributed by atoms with Gasteiger partial charge in [0.05, 0.1) is 6.61 Å². The smallest absolute Gasteiger partial charge is 0.226 e. The summed E-state index contributed by atoms with van der Waals surface area (Å²) in [7, 11) is -1.81. The van der Waals surface area contributed by atoms with Gasteiger partial charge in [0.1, 0.15) is 0 Å². The second-order valence-corrected chi connectivity index (χ2v) is 13.2. The van der Waals surface area contributed by atoms with Crippen LogP contribution in [0.5, 0.6) is 0 Å². The van der Waals surface area contributed by atoms with Gasteiger partial charge in [-0.1, -0.05) is 56.6 Å². The number of hydrogen-bond acceptors (Lipinski definition) is 2. The maximum Gasteiger partial charge on any atom is 0.226 e. The van der Waals surface area contributed by atoms with Crippen LogP contribution >= 0.6 is 15.9 Å². The molecule has 0 spiro atoms. The molecule has 0 bridgehead atoms. The molecule has 0 atom stereocenters. The van der Waals surface area contributed by atoms with Crippen LogP contribution in [-0.2, 0) is 15.8 Å². The minimum absolute atomic E-state index is 0.0201. The molecule has 5 heteroatoms. The first-order valence-electron chi connectivity index (χ1n) is 7.67. The number of amides is 1. The molecule has 0 aliphatic heterocycles. The van der Waals surface area contributed by atoms with Gasteiger partial charge in [0, 0.05) is 21.6 Å². The Labute approximate surface area is 144 Å². The van der Waals surface area contributed by atoms with Crippen molar-refractivity contribution >= 4 is 35.8 Å². The molecule has 0 fully saturated rings. The summed E-state index contributed by atoms with van der Waals surface area (Å²) >= 11 is 3.46. The van der Waals surface area contributed by atoms with E-state index in [1.807, 2.05) is 32.0 Å². The number of carbonyl (C=O) groups is 1. The zero-order valence-electron chi connectivity index (χ0n) is 14.7. The maximum atomic E-state index is 12.0. The van der Waals surface area contributed by atoms with Crippen molar-refractivity contribution in [2.75, 3.05) is 5.32 Å². The van der Waals surface area contributed by atoms with Crippen molar-refractivity contribution in [3.8, 4) is 0 Å². The number of carbonyl (C=O) groups excluding carboxylic acids is 1. The zero-order valence-corrected chi connectivity index (χ0v) is 17.3. The molecule has 124 valence electrons. The van der Waals surface area contributed by atoms with E-state index in [4.69, 9.17) is 4.43 Å². The summed E-state index contributed by atoms with van der Waals surface area (Å²) < 4.78 is 7.22. The highest BCUT2D eigenvalue weighted by Gasteiger charge is 2.37. The van der Waals surface area contributed by atoms with E-state index >= 15 is 0 Å². The van der Waals surface area contributed by atoms with Gasteiger partial charge >= 0.3 is 0 Å². The van der Waals surface area contributed by atoms with E-state index in [2.05, 4.69) is 55.1 Å². The van der Waals surface area contributed by atoms with Crippen molar-refractivity contribution in [2.24, 2.45) is 5.92 Å². The topological polar surface area (TPSA) is 38.3 Å². The normalized spacial score (nSPS) is 12.6. The van der Waals surface area contributed by atoms with Crippen molar-refractivity contribution in [1.29, 1.82) is 0 Å². The molecule has 0 aliphatic carbocycles. The van der Waals surface area contributed by atoms with Crippen molar-refractivity contribution in [2.45, 2.75) is 59.4 Å². The van der Waals surface area contributed by atoms with Gasteiger partial charge in [0.15, 0.2) is 8.32 Å². The molecule has 0 unspecified atom stereocenters. The molecule has 0 saturated heterocycles. The van der Waals surface area contributed by atoms with Crippen molar-refractivity contribution < 1.29 is 9.22 Å². The van der Waals surface area contributed by atoms with Crippen LogP contribution in [0.1, 0.15) is 40.2 Å². The summed E-state index contributed by atoms with van der Waals surface area (Å²) in [5.74, 6) is -0.0279. The third-order valence-corrected chi connectivity index (χ3v) is 9.22. The van der Waals surface area contributed by atoms with Crippen molar-refractivity contribution in [1.82, 2.24) is 0 Å². The van der Waals surface area contributed by atoms with Crippen LogP contribution in [0, 0.1) is 5.92 Å². The fourth-order valence-corrected chi connectivity index (χ4v) is 2.85. The van der Waals surface area contributed by atoms with Gasteiger partial charge in [-0.3, -0.25) is 4.79 Å². The molecule has 0 aromatic heterocycles. The van der Waals surface area contributed by atoms with Gasteiger partial charge in [0.25, 0.3) is 0 Å². The number of hydrogen-bond donors (Lipinski definition) is 1. The predicted molar refractivity (Wildman–Crippen MR) is 99.6 cm³/mol. The van der Waals surface area contributed by atoms with Crippen LogP contribution in [0.25, 0.3) is 0 Å². The average molecular weight is 386 g/mol. The van der Waals surface area contributed by atoms with Crippen LogP contribution in [0.15, 0.2) is 22.7 Å². The van der Waals surface area contributed by atoms with E-state index in [9.17, 15) is 4.79 Å². The van der Waals surface area contributed by atoms with Crippen LogP contribution in [0.4, 0.5) is 5.69 Å². The third kappa shape index (κ3) is 5.21. The lowest BCUT2D eigenvalue weighted by Crippen LogP contribution is -2.40. The molecule has 0 radical (unpaired) electrons. The summed E-state index contributed by atoms with van der Waals surface area (Å²) in [4.78, 5) is 12.0. The minimum Gasteiger partial charge on any atom is -0.412 e. The Morgan fingerprint density at radius 2 is 1.91 bits per heavy atom. The molecule has 1 rings (SSSR count). The summed E-state index contributed by atoms with van der Waals surface area (Å²) in [6, 6.07) is 5.92. The van der Waals surface area contributed by atoms with Crippen LogP contribution in [-0.4, -0.2) is 14.2 Å². The molecule has 0 saturated carbocycles. The highest BCUT2D eigenvalue weighted by Crippen LogP contribution is 2.37. The SMILES string of the molecule is CC(C)C(=O)Nc1cc(Br)ccc1CO[Si](C)(C)C(C)(C)C. The first kappa shape index (κ1) is 19.4. The molecule has 1 N–H and O–H groups in total. The number of nitrogens with one attached hydrogen (secondary N) is 1. The number of halogens is 1. The summed E-state index contributed by atoms with van der Waals surface area (Å²) in [6.07, 6.45) is 0. The highest BCUT2D eigenvalue weighted by molar-refractivity contribution is 9.10. The number of rotatable bonds is 5. The standard InChI is InChI=1S/C17H28BrNO2Si/c1-12(2)16(20)19-15-10-14(18)9-8-13(15)11-21-22(6,7)17(3,4)5/h8-10,12H,11H2,1-7H3,(H,19,20). The lowest BCUT2D eigenvalue weighted by molar-refractivity contribution is -0.118. The predicted octanol–water partition coefficient (Wildman–Crippen LogP) is 5.57. The molecule has 1 amide bonds. The molecule has 22 heavy (non-hydrogen) atoms. The van der Waals surface area contributed by atoms with Gasteiger partial charge in [0.2, 0.25) is 5.91 Å². The summed E-state index contributed by atoms with van der Waals surface area (Å²) in [6.45, 7) is 15.4. The Bertz CT molecular complexity index is 536. The van der Waals surface area contributed by atoms with E-state index in [-0.39, 0.29) is 16.9 Å². The van der Waals surface area contributed by atoms with E-state index in [0.717, 1.165) is 15.7 Å². The van der Waals surface area contributed by atoms with Crippen molar-refractivity contribution in [3.63, 3.8) is 0 Å². The Morgan fingerprint density at radius 1 is 1.32 bits per heavy atom. The monoisotopic (exact) mass is 385 g/mol. The summed E-state index contributed by atoms with van der Waals surface area (Å²) in [5.41, 5.74) is 1.84. The summed E-state index contributed by atoms with van der Waals surface area (Å²) in [5, 5.41) is 3.16. The van der Waals surface area contributed by atoms with Gasteiger partial charge in [-0.15, -0.1) is 0 Å². The lowest BCUT2D eigenvalue weighted by atomic mass is 10.1. The molecule has 0 aliphatic rings. The average Bonchev–Trinajstić information content (AvgIpc) is 2.36. The second kappa shape index (κ2) is 7.28. The first-order valence-corrected chi connectivity index (χ1v) is 11.4. The molecule has 1 aromatic rings. The van der Waals surface area contributed by atoms with Crippen LogP contribution in [0.3, 0.4) is 0 Å². The quantitative estimate of drug-likeness (QED) is 0.673. The number of anilines is 1. The third-order valence-electron chi connectivity index (χ3n) is 4.25. The Balaban J connectivity index is 2.93. The van der Waals surface area contributed by atoms with E-state index in [0.29, 0.717) is 6.61 Å². The Morgan fingerprint density at radius 3 is 2.41 bits per heavy atom. The largest absolute Gasteiger partial charge is 0.412 e. The number of benzene rings is 1. The minimum atomic E-state index is -1.81. The lowest BCUT2D eigenvalue weighted by Gasteiger charge is -2.36. The molecule has 3 nitrogen and oxygen atoms in total. The van der Waals surface area contributed by atoms with E-state index in [1.54, 1.807) is 0 Å².